The fourth-order valence-corrected chi connectivity index (χ4v) is 14.2. The standard InChI is InChI=1S/C79H146N2O21/c1-4-6-8-10-12-14-16-18-20-22-24-26-27-28-29-30-31-33-35-37-39-41-43-45-47-49-51-53-66(89)81-60(61(86)52-50-48-46-44-42-40-38-36-34-32-25-23-21-19-17-15-13-11-9-7-5-2)58-97-76-71(93)70(92)73(65(57-84)99-76)100-77-72(94)75(69(91)64(56-83)98-77)102-79(78(95)96)54-62(87)67(80-59(3)85)74(101-79)68(90)63(88)55-82/h28-29,50,52,60-65,67-77,82-84,86-88,90-94H,4-27,30-49,51,53-58H2,1-3H3,(H,80,85)(H,81,89)(H,95,96)/b29-28-,52-50+. The van der Waals surface area contributed by atoms with Crippen molar-refractivity contribution in [2.45, 2.75) is 432 Å². The molecule has 598 valence electrons. The maximum atomic E-state index is 13.5. The van der Waals surface area contributed by atoms with Crippen LogP contribution in [-0.4, -0.2) is 215 Å². The van der Waals surface area contributed by atoms with E-state index in [0.29, 0.717) is 12.8 Å². The van der Waals surface area contributed by atoms with Crippen LogP contribution in [0.2, 0.25) is 0 Å². The molecule has 102 heavy (non-hydrogen) atoms. The second-order valence-electron chi connectivity index (χ2n) is 29.6. The average molecular weight is 1460 g/mol. The third-order valence-corrected chi connectivity index (χ3v) is 20.6. The quantitative estimate of drug-likeness (QED) is 0.0199. The van der Waals surface area contributed by atoms with Gasteiger partial charge >= 0.3 is 5.97 Å². The molecular weight excluding hydrogens is 1310 g/mol. The minimum atomic E-state index is -3.08. The normalized spacial score (nSPS) is 26.7. The van der Waals surface area contributed by atoms with E-state index in [0.717, 1.165) is 51.9 Å². The molecule has 18 atom stereocenters. The van der Waals surface area contributed by atoms with Crippen LogP contribution in [-0.2, 0) is 42.8 Å². The van der Waals surface area contributed by atoms with Crippen molar-refractivity contribution in [2.75, 3.05) is 26.4 Å². The summed E-state index contributed by atoms with van der Waals surface area (Å²) in [7, 11) is 0. The fraction of sp³-hybridized carbons (Fsp3) is 0.911. The smallest absolute Gasteiger partial charge is 0.364 e. The monoisotopic (exact) mass is 1460 g/mol. The summed E-state index contributed by atoms with van der Waals surface area (Å²) < 4.78 is 34.9. The zero-order valence-electron chi connectivity index (χ0n) is 63.2. The summed E-state index contributed by atoms with van der Waals surface area (Å²) in [6.45, 7) is 2.19. The van der Waals surface area contributed by atoms with Crippen molar-refractivity contribution in [1.82, 2.24) is 10.6 Å². The molecule has 0 saturated carbocycles. The van der Waals surface area contributed by atoms with Crippen LogP contribution in [0.1, 0.15) is 323 Å². The molecule has 3 saturated heterocycles. The summed E-state index contributed by atoms with van der Waals surface area (Å²) in [5, 5.41) is 136. The Balaban J connectivity index is 1.52. The van der Waals surface area contributed by atoms with Gasteiger partial charge < -0.3 is 100 Å². The third kappa shape index (κ3) is 38.3. The fourth-order valence-electron chi connectivity index (χ4n) is 14.2. The summed E-state index contributed by atoms with van der Waals surface area (Å²) >= 11 is 0. The van der Waals surface area contributed by atoms with Gasteiger partial charge in [-0.1, -0.05) is 282 Å². The molecule has 3 aliphatic rings. The largest absolute Gasteiger partial charge is 0.477 e. The molecule has 3 aliphatic heterocycles. The Labute approximate surface area is 613 Å². The number of carboxylic acid groups (broad SMARTS) is 1. The first-order valence-corrected chi connectivity index (χ1v) is 40.7. The van der Waals surface area contributed by atoms with Gasteiger partial charge in [0.05, 0.1) is 50.7 Å². The second-order valence-corrected chi connectivity index (χ2v) is 29.6. The summed E-state index contributed by atoms with van der Waals surface area (Å²) in [5.41, 5.74) is 0. The number of rotatable bonds is 64. The molecule has 0 aliphatic carbocycles. The van der Waals surface area contributed by atoms with Gasteiger partial charge in [-0.2, -0.15) is 0 Å². The molecule has 3 rings (SSSR count). The third-order valence-electron chi connectivity index (χ3n) is 20.6. The van der Waals surface area contributed by atoms with Crippen LogP contribution < -0.4 is 10.6 Å². The number of aliphatic carboxylic acids is 1. The van der Waals surface area contributed by atoms with E-state index in [4.69, 9.17) is 28.4 Å². The average Bonchev–Trinajstić information content (AvgIpc) is 0.755. The van der Waals surface area contributed by atoms with Crippen LogP contribution >= 0.6 is 0 Å². The number of carboxylic acids is 1. The molecule has 3 heterocycles. The molecule has 3 fully saturated rings. The highest BCUT2D eigenvalue weighted by Gasteiger charge is 2.60. The Hall–Kier alpha value is -2.79. The van der Waals surface area contributed by atoms with E-state index < -0.39 is 155 Å². The molecule has 0 spiro atoms. The van der Waals surface area contributed by atoms with Crippen molar-refractivity contribution in [3.8, 4) is 0 Å². The topological polar surface area (TPSA) is 373 Å². The number of hydrogen-bond acceptors (Lipinski definition) is 20. The van der Waals surface area contributed by atoms with Crippen LogP contribution in [0.15, 0.2) is 24.3 Å². The van der Waals surface area contributed by atoms with Crippen molar-refractivity contribution in [1.29, 1.82) is 0 Å². The summed E-state index contributed by atoms with van der Waals surface area (Å²) in [4.78, 5) is 38.7. The van der Waals surface area contributed by atoms with Gasteiger partial charge in [-0.25, -0.2) is 4.79 Å². The van der Waals surface area contributed by atoms with Crippen LogP contribution in [0.25, 0.3) is 0 Å². The molecule has 0 aromatic rings. The van der Waals surface area contributed by atoms with Crippen LogP contribution in [0, 0.1) is 0 Å². The lowest BCUT2D eigenvalue weighted by atomic mass is 9.88. The number of allylic oxidation sites excluding steroid dienone is 3. The first-order chi connectivity index (χ1) is 49.4. The van der Waals surface area contributed by atoms with E-state index in [2.05, 4.69) is 36.6 Å². The molecule has 23 heteroatoms. The number of aliphatic hydroxyl groups is 11. The van der Waals surface area contributed by atoms with Gasteiger partial charge in [0.15, 0.2) is 12.6 Å². The number of amides is 2. The van der Waals surface area contributed by atoms with Gasteiger partial charge in [0.1, 0.15) is 67.1 Å². The predicted molar refractivity (Wildman–Crippen MR) is 394 cm³/mol. The number of hydrogen-bond donors (Lipinski definition) is 14. The molecule has 2 amide bonds. The minimum absolute atomic E-state index is 0.201. The Morgan fingerprint density at radius 1 is 0.510 bits per heavy atom. The van der Waals surface area contributed by atoms with Gasteiger partial charge in [-0.05, 0) is 44.9 Å². The van der Waals surface area contributed by atoms with Gasteiger partial charge in [0, 0.05) is 19.8 Å². The Kier molecular flexibility index (Phi) is 53.4. The molecule has 14 N–H and O–H groups in total. The minimum Gasteiger partial charge on any atom is -0.477 e. The van der Waals surface area contributed by atoms with Crippen LogP contribution in [0.5, 0.6) is 0 Å². The number of ether oxygens (including phenoxy) is 6. The van der Waals surface area contributed by atoms with E-state index in [1.165, 1.54) is 231 Å². The van der Waals surface area contributed by atoms with Gasteiger partial charge in [0.2, 0.25) is 11.8 Å². The molecular formula is C79H146N2O21. The summed E-state index contributed by atoms with van der Waals surface area (Å²) in [6, 6.07) is -2.62. The van der Waals surface area contributed by atoms with E-state index in [1.807, 2.05) is 6.08 Å². The van der Waals surface area contributed by atoms with E-state index in [-0.39, 0.29) is 12.3 Å². The predicted octanol–water partition coefficient (Wildman–Crippen LogP) is 10.7. The molecule has 0 bridgehead atoms. The molecule has 23 nitrogen and oxygen atoms in total. The number of aliphatic hydroxyl groups excluding tert-OH is 11. The number of carbonyl (C=O) groups is 3. The van der Waals surface area contributed by atoms with Gasteiger partial charge in [0.25, 0.3) is 5.79 Å². The first-order valence-electron chi connectivity index (χ1n) is 40.7. The zero-order chi connectivity index (χ0) is 74.6. The maximum Gasteiger partial charge on any atom is 0.364 e. The SMILES string of the molecule is CCCCCCCCCCCCCC/C=C\CCCCCCCCCCCCCC(=O)NC(COC1OC(CO)C(OC2OC(CO)C(O)C(OC3(C(=O)O)CC(O)C(NC(C)=O)C(C(O)C(O)CO)O3)C2O)C(O)C1O)C(O)/C=C/CCCCCCCCCCCCCCCCCCCCC. The van der Waals surface area contributed by atoms with E-state index >= 15 is 0 Å². The zero-order valence-corrected chi connectivity index (χ0v) is 63.2. The lowest BCUT2D eigenvalue weighted by Gasteiger charge is -2.50. The van der Waals surface area contributed by atoms with Crippen LogP contribution in [0.4, 0.5) is 0 Å². The second kappa shape index (κ2) is 58.3. The van der Waals surface area contributed by atoms with Gasteiger partial charge in [-0.3, -0.25) is 9.59 Å². The molecule has 18 unspecified atom stereocenters. The maximum absolute atomic E-state index is 13.5. The van der Waals surface area contributed by atoms with Crippen molar-refractivity contribution in [3.05, 3.63) is 24.3 Å². The highest BCUT2D eigenvalue weighted by Crippen LogP contribution is 2.39. The lowest BCUT2D eigenvalue weighted by Crippen LogP contribution is -2.70. The Morgan fingerprint density at radius 3 is 1.33 bits per heavy atom. The molecule has 0 radical (unpaired) electrons. The van der Waals surface area contributed by atoms with Crippen molar-refractivity contribution < 1.29 is 104 Å². The van der Waals surface area contributed by atoms with Crippen molar-refractivity contribution in [3.63, 3.8) is 0 Å². The number of nitrogens with one attached hydrogen (secondary N) is 2. The van der Waals surface area contributed by atoms with Crippen LogP contribution in [0.3, 0.4) is 0 Å². The summed E-state index contributed by atoms with van der Waals surface area (Å²) in [5.74, 6) is -6.14. The number of unbranched alkanes of at least 4 members (excludes halogenated alkanes) is 42. The van der Waals surface area contributed by atoms with E-state index in [1.54, 1.807) is 6.08 Å². The highest BCUT2D eigenvalue weighted by atomic mass is 16.8. The van der Waals surface area contributed by atoms with Crippen molar-refractivity contribution in [2.24, 2.45) is 0 Å². The summed E-state index contributed by atoms with van der Waals surface area (Å²) in [6.07, 6.45) is 35.0. The van der Waals surface area contributed by atoms with Gasteiger partial charge in [-0.15, -0.1) is 0 Å². The highest BCUT2D eigenvalue weighted by molar-refractivity contribution is 5.77. The first kappa shape index (κ1) is 93.4. The molecule has 0 aromatic heterocycles. The Morgan fingerprint density at radius 2 is 0.922 bits per heavy atom. The number of carbonyl (C=O) groups excluding carboxylic acids is 2. The lowest BCUT2D eigenvalue weighted by molar-refractivity contribution is -0.386. The molecule has 0 aromatic carbocycles. The Bertz CT molecular complexity index is 2130. The van der Waals surface area contributed by atoms with Crippen molar-refractivity contribution >= 4 is 17.8 Å². The van der Waals surface area contributed by atoms with E-state index in [9.17, 15) is 75.7 Å².